The van der Waals surface area contributed by atoms with E-state index in [0.717, 1.165) is 13.0 Å². The lowest BCUT2D eigenvalue weighted by molar-refractivity contribution is 0.233. The van der Waals surface area contributed by atoms with Crippen LogP contribution in [0.3, 0.4) is 0 Å². The van der Waals surface area contributed by atoms with Crippen LogP contribution in [0.1, 0.15) is 47.4 Å². The summed E-state index contributed by atoms with van der Waals surface area (Å²) < 4.78 is 0. The van der Waals surface area contributed by atoms with Gasteiger partial charge in [-0.05, 0) is 51.4 Å². The van der Waals surface area contributed by atoms with Crippen molar-refractivity contribution in [1.29, 1.82) is 5.26 Å². The molecule has 2 heterocycles. The summed E-state index contributed by atoms with van der Waals surface area (Å²) in [4.78, 5) is 16.1. The molecule has 0 amide bonds. The number of anilines is 1. The molecule has 0 bridgehead atoms. The lowest BCUT2D eigenvalue weighted by Gasteiger charge is -2.24. The van der Waals surface area contributed by atoms with Crippen molar-refractivity contribution < 1.29 is 1.43 Å². The maximum absolute atomic E-state index is 11.2. The van der Waals surface area contributed by atoms with E-state index in [2.05, 4.69) is 28.2 Å². The number of likely N-dealkylation sites (tertiary alicyclic amines) is 1. The number of piperidine rings is 1. The van der Waals surface area contributed by atoms with E-state index in [1.165, 1.54) is 32.4 Å². The number of nitriles is 1. The van der Waals surface area contributed by atoms with Crippen molar-refractivity contribution in [2.45, 2.75) is 52.0 Å². The molecule has 0 spiro atoms. The zero-order valence-corrected chi connectivity index (χ0v) is 13.8. The zero-order valence-electron chi connectivity index (χ0n) is 13.8. The van der Waals surface area contributed by atoms with Gasteiger partial charge in [-0.1, -0.05) is 13.3 Å². The lowest BCUT2D eigenvalue weighted by Crippen LogP contribution is -2.30. The summed E-state index contributed by atoms with van der Waals surface area (Å²) in [6.45, 7) is 7.53. The van der Waals surface area contributed by atoms with Gasteiger partial charge in [0, 0.05) is 26.6 Å². The number of pyridine rings is 1. The van der Waals surface area contributed by atoms with Crippen LogP contribution in [0.4, 0.5) is 5.69 Å². The van der Waals surface area contributed by atoms with Crippen molar-refractivity contribution in [3.63, 3.8) is 0 Å². The van der Waals surface area contributed by atoms with E-state index >= 15 is 0 Å². The monoisotopic (exact) mass is 306 g/mol. The standard InChI is InChI=1S/C9H14N2O.C8H14N2.H2/c1-3-7(2)11-8-5-4-6-10-9(8)12;9-5-4-8-10-6-2-1-3-7-10;/h4-7,11H,3H2,1-2H3,(H,10,12);1-4,6-8H2;1H. The number of hydrogen-bond donors (Lipinski definition) is 2. The summed E-state index contributed by atoms with van der Waals surface area (Å²) in [5, 5.41) is 11.4. The molecule has 2 N–H and O–H groups in total. The number of nitrogens with one attached hydrogen (secondary N) is 2. The van der Waals surface area contributed by atoms with Crippen LogP contribution in [0, 0.1) is 11.3 Å². The molecule has 1 fully saturated rings. The molecule has 0 radical (unpaired) electrons. The SMILES string of the molecule is CCC(C)Nc1ccc[nH]c1=O.N#CCCN1CCCCC1.[HH]. The first-order valence-corrected chi connectivity index (χ1v) is 8.21. The molecule has 1 aliphatic rings. The Bertz CT molecular complexity index is 506. The minimum absolute atomic E-state index is 0. The van der Waals surface area contributed by atoms with Crippen molar-refractivity contribution in [2.75, 3.05) is 25.0 Å². The fourth-order valence-electron chi connectivity index (χ4n) is 2.29. The number of aromatic nitrogens is 1. The van der Waals surface area contributed by atoms with E-state index in [0.29, 0.717) is 18.2 Å². The molecular formula is C17H30N4O. The molecule has 1 aromatic heterocycles. The van der Waals surface area contributed by atoms with Gasteiger partial charge >= 0.3 is 0 Å². The van der Waals surface area contributed by atoms with Crippen LogP contribution in [0.25, 0.3) is 0 Å². The second-order valence-corrected chi connectivity index (χ2v) is 5.68. The topological polar surface area (TPSA) is 71.9 Å². The van der Waals surface area contributed by atoms with Crippen molar-refractivity contribution in [3.05, 3.63) is 28.7 Å². The van der Waals surface area contributed by atoms with Crippen LogP contribution in [-0.4, -0.2) is 35.6 Å². The van der Waals surface area contributed by atoms with Crippen molar-refractivity contribution in [3.8, 4) is 6.07 Å². The number of aromatic amines is 1. The van der Waals surface area contributed by atoms with Gasteiger partial charge in [-0.25, -0.2) is 0 Å². The zero-order chi connectivity index (χ0) is 16.2. The largest absolute Gasteiger partial charge is 0.378 e. The highest BCUT2D eigenvalue weighted by atomic mass is 16.1. The van der Waals surface area contributed by atoms with Gasteiger partial charge in [0.2, 0.25) is 0 Å². The fraction of sp³-hybridized carbons (Fsp3) is 0.647. The van der Waals surface area contributed by atoms with Gasteiger partial charge in [0.05, 0.1) is 6.07 Å². The Kier molecular flexibility index (Phi) is 9.01. The van der Waals surface area contributed by atoms with Gasteiger partial charge < -0.3 is 15.2 Å². The summed E-state index contributed by atoms with van der Waals surface area (Å²) in [7, 11) is 0. The third-order valence-electron chi connectivity index (χ3n) is 3.82. The molecule has 1 unspecified atom stereocenters. The number of H-pyrrole nitrogens is 1. The van der Waals surface area contributed by atoms with E-state index < -0.39 is 0 Å². The lowest BCUT2D eigenvalue weighted by atomic mass is 10.1. The maximum atomic E-state index is 11.2. The maximum Gasteiger partial charge on any atom is 0.271 e. The van der Waals surface area contributed by atoms with Crippen molar-refractivity contribution in [2.24, 2.45) is 0 Å². The van der Waals surface area contributed by atoms with Gasteiger partial charge in [0.15, 0.2) is 0 Å². The molecule has 1 atom stereocenters. The molecule has 2 rings (SSSR count). The summed E-state index contributed by atoms with van der Waals surface area (Å²) in [6, 6.07) is 6.11. The van der Waals surface area contributed by atoms with Gasteiger partial charge in [-0.2, -0.15) is 5.26 Å². The average Bonchev–Trinajstić information content (AvgIpc) is 2.56. The normalized spacial score (nSPS) is 16.0. The highest BCUT2D eigenvalue weighted by molar-refractivity contribution is 5.40. The predicted octanol–water partition coefficient (Wildman–Crippen LogP) is 3.22. The van der Waals surface area contributed by atoms with Crippen LogP contribution in [-0.2, 0) is 0 Å². The van der Waals surface area contributed by atoms with E-state index in [4.69, 9.17) is 5.26 Å². The second kappa shape index (κ2) is 10.9. The molecule has 1 aliphatic heterocycles. The molecule has 0 aliphatic carbocycles. The summed E-state index contributed by atoms with van der Waals surface area (Å²) in [5.74, 6) is 0. The average molecular weight is 306 g/mol. The fourth-order valence-corrected chi connectivity index (χ4v) is 2.29. The molecule has 1 saturated heterocycles. The van der Waals surface area contributed by atoms with Gasteiger partial charge in [-0.15, -0.1) is 0 Å². The molecule has 1 aromatic rings. The molecular weight excluding hydrogens is 276 g/mol. The Morgan fingerprint density at radius 2 is 2.18 bits per heavy atom. The highest BCUT2D eigenvalue weighted by Crippen LogP contribution is 2.08. The predicted molar refractivity (Wildman–Crippen MR) is 93.1 cm³/mol. The van der Waals surface area contributed by atoms with E-state index in [-0.39, 0.29) is 6.99 Å². The van der Waals surface area contributed by atoms with Crippen LogP contribution < -0.4 is 10.9 Å². The Labute approximate surface area is 134 Å². The van der Waals surface area contributed by atoms with Gasteiger partial charge in [0.25, 0.3) is 5.56 Å². The molecule has 0 aromatic carbocycles. The first kappa shape index (κ1) is 18.2. The summed E-state index contributed by atoms with van der Waals surface area (Å²) in [6.07, 6.45) is 7.36. The highest BCUT2D eigenvalue weighted by Gasteiger charge is 2.08. The van der Waals surface area contributed by atoms with E-state index in [1.54, 1.807) is 12.3 Å². The van der Waals surface area contributed by atoms with Crippen LogP contribution in [0.15, 0.2) is 23.1 Å². The Hall–Kier alpha value is -1.80. The van der Waals surface area contributed by atoms with E-state index in [9.17, 15) is 4.79 Å². The Balaban J connectivity index is 0.000000409. The van der Waals surface area contributed by atoms with Crippen LogP contribution in [0.2, 0.25) is 0 Å². The minimum atomic E-state index is -0.0576. The van der Waals surface area contributed by atoms with Gasteiger partial charge in [0.1, 0.15) is 5.69 Å². The Morgan fingerprint density at radius 1 is 1.45 bits per heavy atom. The molecule has 5 heteroatoms. The third-order valence-corrected chi connectivity index (χ3v) is 3.82. The Morgan fingerprint density at radius 3 is 2.77 bits per heavy atom. The first-order valence-electron chi connectivity index (χ1n) is 8.21. The number of nitrogens with zero attached hydrogens (tertiary/aromatic N) is 2. The molecule has 124 valence electrons. The minimum Gasteiger partial charge on any atom is -0.378 e. The van der Waals surface area contributed by atoms with Crippen LogP contribution >= 0.6 is 0 Å². The smallest absolute Gasteiger partial charge is 0.271 e. The van der Waals surface area contributed by atoms with Crippen molar-refractivity contribution >= 4 is 5.69 Å². The first-order chi connectivity index (χ1) is 10.7. The third kappa shape index (κ3) is 7.28. The van der Waals surface area contributed by atoms with Crippen molar-refractivity contribution in [1.82, 2.24) is 9.88 Å². The number of rotatable bonds is 5. The molecule has 5 nitrogen and oxygen atoms in total. The quantitative estimate of drug-likeness (QED) is 0.876. The molecule has 22 heavy (non-hydrogen) atoms. The molecule has 0 saturated carbocycles. The van der Waals surface area contributed by atoms with Gasteiger partial charge in [-0.3, -0.25) is 4.79 Å². The number of hydrogen-bond acceptors (Lipinski definition) is 4. The van der Waals surface area contributed by atoms with Crippen LogP contribution in [0.5, 0.6) is 0 Å². The summed E-state index contributed by atoms with van der Waals surface area (Å²) in [5.41, 5.74) is 0.588. The van der Waals surface area contributed by atoms with E-state index in [1.807, 2.05) is 13.0 Å². The second-order valence-electron chi connectivity index (χ2n) is 5.68. The summed E-state index contributed by atoms with van der Waals surface area (Å²) >= 11 is 0.